The van der Waals surface area contributed by atoms with Gasteiger partial charge in [0, 0.05) is 13.7 Å². The maximum absolute atomic E-state index is 11.6. The van der Waals surface area contributed by atoms with E-state index >= 15 is 0 Å². The van der Waals surface area contributed by atoms with E-state index in [0.29, 0.717) is 6.61 Å². The molecule has 1 aromatic rings. The Morgan fingerprint density at radius 3 is 2.53 bits per heavy atom. The van der Waals surface area contributed by atoms with Gasteiger partial charge in [0.05, 0.1) is 18.8 Å². The van der Waals surface area contributed by atoms with Crippen molar-refractivity contribution in [1.82, 2.24) is 4.72 Å². The van der Waals surface area contributed by atoms with Crippen molar-refractivity contribution in [3.63, 3.8) is 0 Å². The molecule has 106 valence electrons. The van der Waals surface area contributed by atoms with Gasteiger partial charge in [0.25, 0.3) is 0 Å². The number of ether oxygens (including phenoxy) is 1. The summed E-state index contributed by atoms with van der Waals surface area (Å²) in [5.41, 5.74) is 1.70. The fourth-order valence-corrected chi connectivity index (χ4v) is 2.47. The van der Waals surface area contributed by atoms with Crippen molar-refractivity contribution >= 4 is 16.0 Å². The van der Waals surface area contributed by atoms with Gasteiger partial charge in [-0.2, -0.15) is 0 Å². The van der Waals surface area contributed by atoms with Crippen molar-refractivity contribution in [3.05, 3.63) is 35.4 Å². The van der Waals surface area contributed by atoms with Gasteiger partial charge in [-0.25, -0.2) is 13.1 Å². The third-order valence-corrected chi connectivity index (χ3v) is 3.81. The molecule has 0 heterocycles. The molecule has 0 saturated carbocycles. The minimum atomic E-state index is -3.58. The highest BCUT2D eigenvalue weighted by atomic mass is 32.2. The van der Waals surface area contributed by atoms with Crippen LogP contribution in [0.25, 0.3) is 0 Å². The Morgan fingerprint density at radius 1 is 1.32 bits per heavy atom. The zero-order valence-corrected chi connectivity index (χ0v) is 11.4. The van der Waals surface area contributed by atoms with Crippen molar-refractivity contribution in [2.75, 3.05) is 12.9 Å². The molecule has 2 N–H and O–H groups in total. The lowest BCUT2D eigenvalue weighted by Crippen LogP contribution is -2.27. The highest BCUT2D eigenvalue weighted by molar-refractivity contribution is 7.89. The third kappa shape index (κ3) is 5.82. The van der Waals surface area contributed by atoms with E-state index < -0.39 is 28.2 Å². The Morgan fingerprint density at radius 2 is 1.95 bits per heavy atom. The van der Waals surface area contributed by atoms with E-state index in [1.165, 1.54) is 0 Å². The minimum absolute atomic E-state index is 0.126. The molecular formula is C12H17NO5S. The van der Waals surface area contributed by atoms with E-state index in [4.69, 9.17) is 9.84 Å². The number of nitrogens with one attached hydrogen (secondary N) is 1. The Hall–Kier alpha value is -1.44. The molecule has 7 heteroatoms. The van der Waals surface area contributed by atoms with Crippen LogP contribution in [0.3, 0.4) is 0 Å². The maximum Gasteiger partial charge on any atom is 0.304 e. The Labute approximate surface area is 112 Å². The van der Waals surface area contributed by atoms with Crippen LogP contribution in [-0.2, 0) is 32.7 Å². The first-order chi connectivity index (χ1) is 8.94. The van der Waals surface area contributed by atoms with Crippen LogP contribution in [-0.4, -0.2) is 32.4 Å². The van der Waals surface area contributed by atoms with Gasteiger partial charge in [0.15, 0.2) is 0 Å². The number of benzene rings is 1. The summed E-state index contributed by atoms with van der Waals surface area (Å²) in [6, 6.07) is 7.30. The second kappa shape index (κ2) is 7.22. The van der Waals surface area contributed by atoms with E-state index in [-0.39, 0.29) is 6.54 Å². The molecule has 1 aromatic carbocycles. The maximum atomic E-state index is 11.6. The van der Waals surface area contributed by atoms with Gasteiger partial charge in [-0.3, -0.25) is 4.79 Å². The molecule has 0 aliphatic carbocycles. The van der Waals surface area contributed by atoms with E-state index in [1.54, 1.807) is 19.2 Å². The average molecular weight is 287 g/mol. The van der Waals surface area contributed by atoms with Crippen molar-refractivity contribution in [1.29, 1.82) is 0 Å². The molecule has 1 rings (SSSR count). The van der Waals surface area contributed by atoms with E-state index in [9.17, 15) is 13.2 Å². The molecule has 0 spiro atoms. The third-order valence-electron chi connectivity index (χ3n) is 2.49. The van der Waals surface area contributed by atoms with Crippen LogP contribution < -0.4 is 4.72 Å². The minimum Gasteiger partial charge on any atom is -0.481 e. The summed E-state index contributed by atoms with van der Waals surface area (Å²) in [7, 11) is -2.01. The van der Waals surface area contributed by atoms with Gasteiger partial charge in [0.2, 0.25) is 10.0 Å². The lowest BCUT2D eigenvalue weighted by atomic mass is 10.1. The molecule has 0 aliphatic heterocycles. The number of hydrogen-bond donors (Lipinski definition) is 2. The summed E-state index contributed by atoms with van der Waals surface area (Å²) < 4.78 is 30.6. The topological polar surface area (TPSA) is 92.7 Å². The van der Waals surface area contributed by atoms with Gasteiger partial charge >= 0.3 is 5.97 Å². The number of rotatable bonds is 8. The molecular weight excluding hydrogens is 270 g/mol. The monoisotopic (exact) mass is 287 g/mol. The van der Waals surface area contributed by atoms with Gasteiger partial charge < -0.3 is 9.84 Å². The number of hydrogen-bond acceptors (Lipinski definition) is 4. The number of sulfonamides is 1. The molecule has 0 bridgehead atoms. The second-order valence-electron chi connectivity index (χ2n) is 3.99. The average Bonchev–Trinajstić information content (AvgIpc) is 2.36. The molecule has 6 nitrogen and oxygen atoms in total. The molecule has 0 saturated heterocycles. The fourth-order valence-electron chi connectivity index (χ4n) is 1.51. The molecule has 19 heavy (non-hydrogen) atoms. The predicted molar refractivity (Wildman–Crippen MR) is 70.0 cm³/mol. The van der Waals surface area contributed by atoms with Crippen LogP contribution in [0, 0.1) is 0 Å². The predicted octanol–water partition coefficient (Wildman–Crippen LogP) is 0.727. The molecule has 0 radical (unpaired) electrons. The normalized spacial score (nSPS) is 11.4. The van der Waals surface area contributed by atoms with Crippen LogP contribution >= 0.6 is 0 Å². The van der Waals surface area contributed by atoms with Crippen LogP contribution in [0.2, 0.25) is 0 Å². The van der Waals surface area contributed by atoms with Gasteiger partial charge in [-0.05, 0) is 11.1 Å². The summed E-state index contributed by atoms with van der Waals surface area (Å²) in [6.07, 6.45) is -0.408. The van der Waals surface area contributed by atoms with E-state index in [1.807, 2.05) is 12.1 Å². The lowest BCUT2D eigenvalue weighted by Gasteiger charge is -2.10. The number of carboxylic acid groups (broad SMARTS) is 1. The van der Waals surface area contributed by atoms with Crippen molar-refractivity contribution < 1.29 is 23.1 Å². The molecule has 0 aromatic heterocycles. The fraction of sp³-hybridized carbons (Fsp3) is 0.417. The number of carbonyl (C=O) groups is 1. The first-order valence-electron chi connectivity index (χ1n) is 5.69. The van der Waals surface area contributed by atoms with Crippen molar-refractivity contribution in [3.8, 4) is 0 Å². The molecule has 0 aliphatic rings. The van der Waals surface area contributed by atoms with Crippen LogP contribution in [0.1, 0.15) is 17.5 Å². The van der Waals surface area contributed by atoms with E-state index in [2.05, 4.69) is 4.72 Å². The summed E-state index contributed by atoms with van der Waals surface area (Å²) in [5.74, 6) is -1.56. The smallest absolute Gasteiger partial charge is 0.304 e. The standard InChI is InChI=1S/C12H17NO5S/c1-18-9-11-5-3-2-4-10(11)8-13-19(16,17)7-6-12(14)15/h2-5,13H,6-9H2,1H3,(H,14,15). The van der Waals surface area contributed by atoms with Crippen molar-refractivity contribution in [2.24, 2.45) is 0 Å². The second-order valence-corrected chi connectivity index (χ2v) is 5.91. The summed E-state index contributed by atoms with van der Waals surface area (Å²) in [6.45, 7) is 0.522. The molecule has 0 atom stereocenters. The van der Waals surface area contributed by atoms with Gasteiger partial charge in [-0.15, -0.1) is 0 Å². The highest BCUT2D eigenvalue weighted by Gasteiger charge is 2.13. The van der Waals surface area contributed by atoms with Crippen LogP contribution in [0.5, 0.6) is 0 Å². The molecule has 0 amide bonds. The van der Waals surface area contributed by atoms with Crippen molar-refractivity contribution in [2.45, 2.75) is 19.6 Å². The Kier molecular flexibility index (Phi) is 5.94. The first-order valence-corrected chi connectivity index (χ1v) is 7.34. The van der Waals surface area contributed by atoms with E-state index in [0.717, 1.165) is 11.1 Å². The highest BCUT2D eigenvalue weighted by Crippen LogP contribution is 2.10. The SMILES string of the molecule is COCc1ccccc1CNS(=O)(=O)CCC(=O)O. The summed E-state index contributed by atoms with van der Waals surface area (Å²) >= 11 is 0. The quantitative estimate of drug-likeness (QED) is 0.735. The van der Waals surface area contributed by atoms with Gasteiger partial charge in [-0.1, -0.05) is 24.3 Å². The summed E-state index contributed by atoms with van der Waals surface area (Å²) in [5, 5.41) is 8.47. The first kappa shape index (κ1) is 15.6. The lowest BCUT2D eigenvalue weighted by molar-refractivity contribution is -0.136. The Balaban J connectivity index is 2.63. The van der Waals surface area contributed by atoms with Gasteiger partial charge in [0.1, 0.15) is 0 Å². The summed E-state index contributed by atoms with van der Waals surface area (Å²) in [4.78, 5) is 10.4. The zero-order chi connectivity index (χ0) is 14.3. The number of aliphatic carboxylic acids is 1. The van der Waals surface area contributed by atoms with Crippen LogP contribution in [0.15, 0.2) is 24.3 Å². The van der Waals surface area contributed by atoms with Crippen LogP contribution in [0.4, 0.5) is 0 Å². The number of carboxylic acids is 1. The Bertz CT molecular complexity index is 527. The largest absolute Gasteiger partial charge is 0.481 e. The number of methoxy groups -OCH3 is 1. The zero-order valence-electron chi connectivity index (χ0n) is 10.6. The molecule has 0 unspecified atom stereocenters. The molecule has 0 fully saturated rings.